The molecule has 0 spiro atoms. The standard InChI is InChI=1S/C20H24N4O3S/c1-2-28(27)24-13-8-15-6-7-16(14-17(15)24)18(25)23-20(9-4-3-5-10-20)19(26)22-12-11-21/h6-8,13-14H,2-5,9-10,12H2,1H3,(H,22,26)(H,23,25). The fourth-order valence-electron chi connectivity index (χ4n) is 3.70. The summed E-state index contributed by atoms with van der Waals surface area (Å²) in [6.45, 7) is 1.75. The maximum Gasteiger partial charge on any atom is 0.252 e. The van der Waals surface area contributed by atoms with Crippen LogP contribution in [0.2, 0.25) is 0 Å². The molecule has 1 saturated carbocycles. The average Bonchev–Trinajstić information content (AvgIpc) is 3.15. The van der Waals surface area contributed by atoms with Gasteiger partial charge in [-0.25, -0.2) is 4.21 Å². The molecule has 28 heavy (non-hydrogen) atoms. The van der Waals surface area contributed by atoms with Gasteiger partial charge in [0.05, 0.1) is 11.6 Å². The molecule has 0 saturated heterocycles. The minimum Gasteiger partial charge on any atom is -0.341 e. The van der Waals surface area contributed by atoms with Crippen LogP contribution >= 0.6 is 0 Å². The van der Waals surface area contributed by atoms with Gasteiger partial charge < -0.3 is 10.6 Å². The SMILES string of the molecule is CCS(=O)n1ccc2ccc(C(=O)NC3(C(=O)NCC#N)CCCCC3)cc21. The Hall–Kier alpha value is -2.66. The smallest absolute Gasteiger partial charge is 0.252 e. The van der Waals surface area contributed by atoms with Crippen molar-refractivity contribution in [1.29, 1.82) is 5.26 Å². The van der Waals surface area contributed by atoms with Gasteiger partial charge in [0.2, 0.25) is 5.91 Å². The van der Waals surface area contributed by atoms with Crippen molar-refractivity contribution in [3.63, 3.8) is 0 Å². The normalized spacial score (nSPS) is 16.9. The van der Waals surface area contributed by atoms with Crippen molar-refractivity contribution in [2.24, 2.45) is 0 Å². The van der Waals surface area contributed by atoms with E-state index in [2.05, 4.69) is 10.6 Å². The number of rotatable bonds is 6. The number of carbonyl (C=O) groups excluding carboxylic acids is 2. The van der Waals surface area contributed by atoms with Crippen molar-refractivity contribution < 1.29 is 13.8 Å². The molecule has 1 aromatic carbocycles. The lowest BCUT2D eigenvalue weighted by molar-refractivity contribution is -0.128. The zero-order valence-corrected chi connectivity index (χ0v) is 16.7. The summed E-state index contributed by atoms with van der Waals surface area (Å²) < 4.78 is 13.9. The largest absolute Gasteiger partial charge is 0.341 e. The summed E-state index contributed by atoms with van der Waals surface area (Å²) in [5, 5.41) is 15.2. The van der Waals surface area contributed by atoms with Gasteiger partial charge in [-0.15, -0.1) is 0 Å². The first-order valence-electron chi connectivity index (χ1n) is 9.48. The van der Waals surface area contributed by atoms with Gasteiger partial charge in [-0.1, -0.05) is 32.3 Å². The van der Waals surface area contributed by atoms with Crippen molar-refractivity contribution in [2.75, 3.05) is 12.3 Å². The number of hydrogen-bond acceptors (Lipinski definition) is 4. The Balaban J connectivity index is 1.88. The molecule has 8 heteroatoms. The number of fused-ring (bicyclic) bond motifs is 1. The average molecular weight is 401 g/mol. The van der Waals surface area contributed by atoms with Gasteiger partial charge >= 0.3 is 0 Å². The maximum atomic E-state index is 13.0. The second-order valence-electron chi connectivity index (χ2n) is 6.96. The predicted octanol–water partition coefficient (Wildman–Crippen LogP) is 2.25. The Morgan fingerprint density at radius 3 is 2.68 bits per heavy atom. The van der Waals surface area contributed by atoms with E-state index in [0.717, 1.165) is 30.2 Å². The molecule has 2 N–H and O–H groups in total. The van der Waals surface area contributed by atoms with Crippen LogP contribution in [0.3, 0.4) is 0 Å². The molecule has 7 nitrogen and oxygen atoms in total. The maximum absolute atomic E-state index is 13.0. The van der Waals surface area contributed by atoms with E-state index in [0.29, 0.717) is 24.2 Å². The molecule has 0 aliphatic heterocycles. The van der Waals surface area contributed by atoms with Crippen LogP contribution in [0.5, 0.6) is 0 Å². The van der Waals surface area contributed by atoms with Gasteiger partial charge in [-0.3, -0.25) is 13.6 Å². The van der Waals surface area contributed by atoms with Crippen LogP contribution in [-0.2, 0) is 15.8 Å². The fraction of sp³-hybridized carbons (Fsp3) is 0.450. The van der Waals surface area contributed by atoms with Gasteiger partial charge in [0, 0.05) is 22.9 Å². The Labute approximate surface area is 166 Å². The van der Waals surface area contributed by atoms with Crippen molar-refractivity contribution in [3.8, 4) is 6.07 Å². The van der Waals surface area contributed by atoms with Crippen LogP contribution in [0.25, 0.3) is 10.9 Å². The second-order valence-corrected chi connectivity index (χ2v) is 8.58. The third-order valence-electron chi connectivity index (χ3n) is 5.21. The third kappa shape index (κ3) is 3.94. The van der Waals surface area contributed by atoms with Crippen LogP contribution in [-0.4, -0.2) is 37.8 Å². The highest BCUT2D eigenvalue weighted by atomic mass is 32.2. The Morgan fingerprint density at radius 2 is 2.00 bits per heavy atom. The van der Waals surface area contributed by atoms with E-state index >= 15 is 0 Å². The highest BCUT2D eigenvalue weighted by molar-refractivity contribution is 7.83. The van der Waals surface area contributed by atoms with Crippen LogP contribution in [0.4, 0.5) is 0 Å². The first kappa shape index (κ1) is 20.1. The summed E-state index contributed by atoms with van der Waals surface area (Å²) in [6, 6.07) is 9.00. The van der Waals surface area contributed by atoms with Gasteiger partial charge in [0.15, 0.2) is 0 Å². The van der Waals surface area contributed by atoms with Crippen molar-refractivity contribution in [3.05, 3.63) is 36.0 Å². The van der Waals surface area contributed by atoms with E-state index in [4.69, 9.17) is 5.26 Å². The molecule has 3 rings (SSSR count). The highest BCUT2D eigenvalue weighted by Gasteiger charge is 2.40. The Morgan fingerprint density at radius 1 is 1.25 bits per heavy atom. The summed E-state index contributed by atoms with van der Waals surface area (Å²) in [5.41, 5.74) is 0.146. The molecule has 1 atom stereocenters. The van der Waals surface area contributed by atoms with Crippen LogP contribution in [0, 0.1) is 11.3 Å². The first-order valence-corrected chi connectivity index (χ1v) is 10.8. The fourth-order valence-corrected chi connectivity index (χ4v) is 4.56. The summed E-state index contributed by atoms with van der Waals surface area (Å²) >= 11 is 0. The van der Waals surface area contributed by atoms with E-state index in [1.165, 1.54) is 0 Å². The van der Waals surface area contributed by atoms with Gasteiger partial charge in [0.1, 0.15) is 23.1 Å². The van der Waals surface area contributed by atoms with E-state index in [1.807, 2.05) is 25.1 Å². The number of nitriles is 1. The third-order valence-corrected chi connectivity index (χ3v) is 6.46. The van der Waals surface area contributed by atoms with E-state index < -0.39 is 16.5 Å². The molecule has 2 aromatic rings. The van der Waals surface area contributed by atoms with Crippen LogP contribution < -0.4 is 10.6 Å². The minimum atomic E-state index is -1.19. The lowest BCUT2D eigenvalue weighted by atomic mass is 9.80. The topological polar surface area (TPSA) is 104 Å². The second kappa shape index (κ2) is 8.57. The van der Waals surface area contributed by atoms with E-state index in [1.54, 1.807) is 22.3 Å². The molecule has 1 aromatic heterocycles. The molecular formula is C20H24N4O3S. The van der Waals surface area contributed by atoms with Crippen molar-refractivity contribution >= 4 is 33.7 Å². The molecule has 1 unspecified atom stereocenters. The Kier molecular flexibility index (Phi) is 6.15. The van der Waals surface area contributed by atoms with Gasteiger partial charge in [0.25, 0.3) is 5.91 Å². The number of benzene rings is 1. The van der Waals surface area contributed by atoms with Crippen molar-refractivity contribution in [2.45, 2.75) is 44.6 Å². The number of nitrogens with zero attached hydrogens (tertiary/aromatic N) is 2. The molecule has 148 valence electrons. The summed E-state index contributed by atoms with van der Waals surface area (Å²) in [4.78, 5) is 25.6. The quantitative estimate of drug-likeness (QED) is 0.726. The molecule has 1 heterocycles. The summed E-state index contributed by atoms with van der Waals surface area (Å²) in [7, 11) is -1.19. The molecule has 2 amide bonds. The lowest BCUT2D eigenvalue weighted by Crippen LogP contribution is -2.59. The number of aromatic nitrogens is 1. The highest BCUT2D eigenvalue weighted by Crippen LogP contribution is 2.29. The van der Waals surface area contributed by atoms with E-state index in [9.17, 15) is 13.8 Å². The number of carbonyl (C=O) groups is 2. The minimum absolute atomic E-state index is 0.0846. The first-order chi connectivity index (χ1) is 13.5. The lowest BCUT2D eigenvalue weighted by Gasteiger charge is -2.36. The monoisotopic (exact) mass is 400 g/mol. The zero-order chi connectivity index (χ0) is 20.1. The Bertz CT molecular complexity index is 954. The molecule has 0 bridgehead atoms. The summed E-state index contributed by atoms with van der Waals surface area (Å²) in [6.07, 6.45) is 5.56. The van der Waals surface area contributed by atoms with Gasteiger partial charge in [-0.05, 0) is 31.0 Å². The molecule has 1 fully saturated rings. The number of nitrogens with one attached hydrogen (secondary N) is 2. The zero-order valence-electron chi connectivity index (χ0n) is 15.9. The molecular weight excluding hydrogens is 376 g/mol. The van der Waals surface area contributed by atoms with E-state index in [-0.39, 0.29) is 18.4 Å². The number of amides is 2. The molecule has 1 aliphatic rings. The van der Waals surface area contributed by atoms with Crippen LogP contribution in [0.15, 0.2) is 30.5 Å². The summed E-state index contributed by atoms with van der Waals surface area (Å²) in [5.74, 6) is -0.174. The predicted molar refractivity (Wildman–Crippen MR) is 108 cm³/mol. The molecule has 0 radical (unpaired) electrons. The van der Waals surface area contributed by atoms with Gasteiger partial charge in [-0.2, -0.15) is 5.26 Å². The van der Waals surface area contributed by atoms with Crippen molar-refractivity contribution in [1.82, 2.24) is 14.6 Å². The van der Waals surface area contributed by atoms with Crippen LogP contribution in [0.1, 0.15) is 49.4 Å². The molecule has 1 aliphatic carbocycles. The number of hydrogen-bond donors (Lipinski definition) is 2.